The third-order valence-corrected chi connectivity index (χ3v) is 4.18. The second kappa shape index (κ2) is 5.83. The van der Waals surface area contributed by atoms with Crippen LogP contribution in [-0.4, -0.2) is 48.2 Å². The second-order valence-corrected chi connectivity index (χ2v) is 5.69. The number of hydrogen-bond acceptors (Lipinski definition) is 3. The van der Waals surface area contributed by atoms with Gasteiger partial charge in [0, 0.05) is 26.2 Å². The maximum atomic E-state index is 11.2. The largest absolute Gasteiger partial charge is 0.480 e. The normalized spacial score (nSPS) is 35.7. The van der Waals surface area contributed by atoms with Crippen LogP contribution >= 0.6 is 0 Å². The molecule has 2 fully saturated rings. The number of carbonyl (C=O) groups is 1. The number of nitrogens with zero attached hydrogens (tertiary/aromatic N) is 1. The smallest absolute Gasteiger partial charge is 0.322 e. The van der Waals surface area contributed by atoms with Gasteiger partial charge in [-0.05, 0) is 24.7 Å². The lowest BCUT2D eigenvalue weighted by atomic mass is 9.82. The number of piperazine rings is 1. The first-order valence-corrected chi connectivity index (χ1v) is 6.84. The van der Waals surface area contributed by atoms with Crippen LogP contribution in [0.2, 0.25) is 0 Å². The van der Waals surface area contributed by atoms with Gasteiger partial charge in [0.05, 0.1) is 0 Å². The quantitative estimate of drug-likeness (QED) is 0.777. The van der Waals surface area contributed by atoms with Crippen LogP contribution in [0.4, 0.5) is 0 Å². The van der Waals surface area contributed by atoms with Crippen molar-refractivity contribution in [2.45, 2.75) is 38.6 Å². The molecule has 0 radical (unpaired) electrons. The first kappa shape index (κ1) is 12.8. The van der Waals surface area contributed by atoms with E-state index in [9.17, 15) is 9.90 Å². The highest BCUT2D eigenvalue weighted by molar-refractivity contribution is 5.73. The topological polar surface area (TPSA) is 52.6 Å². The van der Waals surface area contributed by atoms with Crippen molar-refractivity contribution in [1.29, 1.82) is 0 Å². The van der Waals surface area contributed by atoms with Crippen LogP contribution in [-0.2, 0) is 4.79 Å². The van der Waals surface area contributed by atoms with E-state index in [-0.39, 0.29) is 6.04 Å². The SMILES string of the molecule is CC1CCCC(CN2CCNCC2C(=O)O)C1. The van der Waals surface area contributed by atoms with E-state index in [1.165, 1.54) is 25.7 Å². The van der Waals surface area contributed by atoms with Gasteiger partial charge >= 0.3 is 5.97 Å². The Kier molecular flexibility index (Phi) is 4.40. The highest BCUT2D eigenvalue weighted by Gasteiger charge is 2.30. The lowest BCUT2D eigenvalue weighted by Gasteiger charge is -2.37. The van der Waals surface area contributed by atoms with Crippen LogP contribution < -0.4 is 5.32 Å². The summed E-state index contributed by atoms with van der Waals surface area (Å²) in [6.45, 7) is 5.69. The maximum Gasteiger partial charge on any atom is 0.322 e. The molecule has 2 aliphatic rings. The molecular weight excluding hydrogens is 216 g/mol. The molecular formula is C13H24N2O2. The maximum absolute atomic E-state index is 11.2. The summed E-state index contributed by atoms with van der Waals surface area (Å²) in [5, 5.41) is 12.4. The number of rotatable bonds is 3. The van der Waals surface area contributed by atoms with Crippen LogP contribution in [0.5, 0.6) is 0 Å². The van der Waals surface area contributed by atoms with Gasteiger partial charge in [-0.25, -0.2) is 0 Å². The highest BCUT2D eigenvalue weighted by atomic mass is 16.4. The molecule has 98 valence electrons. The zero-order chi connectivity index (χ0) is 12.3. The lowest BCUT2D eigenvalue weighted by molar-refractivity contribution is -0.144. The summed E-state index contributed by atoms with van der Waals surface area (Å²) in [7, 11) is 0. The van der Waals surface area contributed by atoms with Crippen molar-refractivity contribution >= 4 is 5.97 Å². The predicted molar refractivity (Wildman–Crippen MR) is 67.0 cm³/mol. The second-order valence-electron chi connectivity index (χ2n) is 5.69. The van der Waals surface area contributed by atoms with Gasteiger partial charge in [0.2, 0.25) is 0 Å². The van der Waals surface area contributed by atoms with E-state index in [4.69, 9.17) is 0 Å². The predicted octanol–water partition coefficient (Wildman–Crippen LogP) is 1.17. The standard InChI is InChI=1S/C13H24N2O2/c1-10-3-2-4-11(7-10)9-15-6-5-14-8-12(15)13(16)17/h10-12,14H,2-9H2,1H3,(H,16,17). The van der Waals surface area contributed by atoms with Crippen molar-refractivity contribution in [1.82, 2.24) is 10.2 Å². The summed E-state index contributed by atoms with van der Waals surface area (Å²) < 4.78 is 0. The molecule has 1 heterocycles. The fraction of sp³-hybridized carbons (Fsp3) is 0.923. The molecule has 1 saturated heterocycles. The molecule has 1 aliphatic heterocycles. The molecule has 3 unspecified atom stereocenters. The van der Waals surface area contributed by atoms with E-state index in [0.29, 0.717) is 12.5 Å². The summed E-state index contributed by atoms with van der Waals surface area (Å²) in [5.74, 6) is 0.847. The van der Waals surface area contributed by atoms with Crippen molar-refractivity contribution < 1.29 is 9.90 Å². The van der Waals surface area contributed by atoms with E-state index >= 15 is 0 Å². The van der Waals surface area contributed by atoms with Gasteiger partial charge in [-0.2, -0.15) is 0 Å². The molecule has 1 aliphatic carbocycles. The summed E-state index contributed by atoms with van der Waals surface area (Å²) in [4.78, 5) is 13.4. The number of carboxylic acid groups (broad SMARTS) is 1. The number of aliphatic carboxylic acids is 1. The first-order valence-electron chi connectivity index (χ1n) is 6.84. The summed E-state index contributed by atoms with van der Waals surface area (Å²) >= 11 is 0. The van der Waals surface area contributed by atoms with Gasteiger partial charge in [-0.15, -0.1) is 0 Å². The summed E-state index contributed by atoms with van der Waals surface area (Å²) in [6, 6.07) is -0.319. The molecule has 0 bridgehead atoms. The minimum Gasteiger partial charge on any atom is -0.480 e. The molecule has 0 amide bonds. The minimum atomic E-state index is -0.680. The molecule has 2 rings (SSSR count). The zero-order valence-electron chi connectivity index (χ0n) is 10.7. The van der Waals surface area contributed by atoms with E-state index in [0.717, 1.165) is 25.6 Å². The van der Waals surface area contributed by atoms with E-state index < -0.39 is 5.97 Å². The lowest BCUT2D eigenvalue weighted by Crippen LogP contribution is -2.56. The van der Waals surface area contributed by atoms with Crippen LogP contribution in [0, 0.1) is 11.8 Å². The van der Waals surface area contributed by atoms with Gasteiger partial charge in [0.25, 0.3) is 0 Å². The Hall–Kier alpha value is -0.610. The van der Waals surface area contributed by atoms with E-state index in [2.05, 4.69) is 17.1 Å². The van der Waals surface area contributed by atoms with Crippen LogP contribution in [0.1, 0.15) is 32.6 Å². The number of hydrogen-bond donors (Lipinski definition) is 2. The molecule has 0 aromatic carbocycles. The van der Waals surface area contributed by atoms with Crippen molar-refractivity contribution in [3.8, 4) is 0 Å². The van der Waals surface area contributed by atoms with Crippen molar-refractivity contribution in [2.75, 3.05) is 26.2 Å². The Bertz CT molecular complexity index is 270. The molecule has 0 aromatic heterocycles. The first-order chi connectivity index (χ1) is 8.16. The van der Waals surface area contributed by atoms with Gasteiger partial charge in [-0.3, -0.25) is 9.69 Å². The van der Waals surface area contributed by atoms with E-state index in [1.54, 1.807) is 0 Å². The van der Waals surface area contributed by atoms with Crippen molar-refractivity contribution in [3.05, 3.63) is 0 Å². The zero-order valence-corrected chi connectivity index (χ0v) is 10.7. The molecule has 0 spiro atoms. The fourth-order valence-electron chi connectivity index (χ4n) is 3.27. The third-order valence-electron chi connectivity index (χ3n) is 4.18. The van der Waals surface area contributed by atoms with Crippen LogP contribution in [0.15, 0.2) is 0 Å². The Balaban J connectivity index is 1.89. The van der Waals surface area contributed by atoms with Crippen LogP contribution in [0.3, 0.4) is 0 Å². The molecule has 2 N–H and O–H groups in total. The average Bonchev–Trinajstić information content (AvgIpc) is 2.29. The Morgan fingerprint density at radius 1 is 1.47 bits per heavy atom. The van der Waals surface area contributed by atoms with Gasteiger partial charge in [-0.1, -0.05) is 19.8 Å². The number of nitrogens with one attached hydrogen (secondary N) is 1. The molecule has 4 heteroatoms. The molecule has 0 aromatic rings. The Morgan fingerprint density at radius 3 is 3.00 bits per heavy atom. The fourth-order valence-corrected chi connectivity index (χ4v) is 3.27. The highest BCUT2D eigenvalue weighted by Crippen LogP contribution is 2.29. The summed E-state index contributed by atoms with van der Waals surface area (Å²) in [6.07, 6.45) is 5.22. The average molecular weight is 240 g/mol. The van der Waals surface area contributed by atoms with Crippen molar-refractivity contribution in [3.63, 3.8) is 0 Å². The van der Waals surface area contributed by atoms with E-state index in [1.807, 2.05) is 0 Å². The van der Waals surface area contributed by atoms with Crippen molar-refractivity contribution in [2.24, 2.45) is 11.8 Å². The van der Waals surface area contributed by atoms with Gasteiger partial charge in [0.15, 0.2) is 0 Å². The Morgan fingerprint density at radius 2 is 2.29 bits per heavy atom. The molecule has 1 saturated carbocycles. The van der Waals surface area contributed by atoms with Gasteiger partial charge in [0.1, 0.15) is 6.04 Å². The minimum absolute atomic E-state index is 0.319. The molecule has 17 heavy (non-hydrogen) atoms. The van der Waals surface area contributed by atoms with Crippen LogP contribution in [0.25, 0.3) is 0 Å². The summed E-state index contributed by atoms with van der Waals surface area (Å²) in [5.41, 5.74) is 0. The molecule has 4 nitrogen and oxygen atoms in total. The monoisotopic (exact) mass is 240 g/mol. The Labute approximate surface area is 103 Å². The molecule has 3 atom stereocenters. The number of carboxylic acids is 1. The van der Waals surface area contributed by atoms with Gasteiger partial charge < -0.3 is 10.4 Å². The third kappa shape index (κ3) is 3.42.